The Morgan fingerprint density at radius 1 is 1.23 bits per heavy atom. The number of rotatable bonds is 9. The van der Waals surface area contributed by atoms with Gasteiger partial charge in [-0.15, -0.1) is 0 Å². The first-order chi connectivity index (χ1) is 12.4. The highest BCUT2D eigenvalue weighted by atomic mass is 32.2. The van der Waals surface area contributed by atoms with Crippen LogP contribution in [0.25, 0.3) is 10.9 Å². The van der Waals surface area contributed by atoms with Crippen LogP contribution in [-0.4, -0.2) is 64.7 Å². The molecule has 8 heteroatoms. The first-order valence-corrected chi connectivity index (χ1v) is 10.7. The molecule has 0 bridgehead atoms. The topological polar surface area (TPSA) is 95.6 Å². The number of aryl methyl sites for hydroxylation is 1. The van der Waals surface area contributed by atoms with Crippen molar-refractivity contribution in [1.29, 1.82) is 0 Å². The average Bonchev–Trinajstić information content (AvgIpc) is 3.00. The fourth-order valence-electron chi connectivity index (χ4n) is 2.66. The second kappa shape index (κ2) is 9.59. The third-order valence-electron chi connectivity index (χ3n) is 4.06. The van der Waals surface area contributed by atoms with Gasteiger partial charge in [0.25, 0.3) is 0 Å². The van der Waals surface area contributed by atoms with Crippen LogP contribution in [0.5, 0.6) is 0 Å². The van der Waals surface area contributed by atoms with Crippen LogP contribution < -0.4 is 10.6 Å². The summed E-state index contributed by atoms with van der Waals surface area (Å²) in [6.07, 6.45) is 4.15. The number of hydrogen-bond acceptors (Lipinski definition) is 4. The second-order valence-electron chi connectivity index (χ2n) is 6.23. The van der Waals surface area contributed by atoms with Crippen LogP contribution in [0.4, 0.5) is 0 Å². The quantitative estimate of drug-likeness (QED) is 0.346. The number of nitrogens with one attached hydrogen (secondary N) is 3. The molecule has 0 radical (unpaired) electrons. The maximum atomic E-state index is 11.0. The lowest BCUT2D eigenvalue weighted by Crippen LogP contribution is -2.39. The molecule has 26 heavy (non-hydrogen) atoms. The summed E-state index contributed by atoms with van der Waals surface area (Å²) in [7, 11) is -1.25. The molecule has 1 aromatic carbocycles. The van der Waals surface area contributed by atoms with Crippen molar-refractivity contribution in [3.63, 3.8) is 0 Å². The van der Waals surface area contributed by atoms with Crippen LogP contribution in [0.2, 0.25) is 0 Å². The Bertz CT molecular complexity index is 843. The summed E-state index contributed by atoms with van der Waals surface area (Å²) < 4.78 is 27.3. The molecule has 1 heterocycles. The minimum absolute atomic E-state index is 0.0457. The monoisotopic (exact) mass is 380 g/mol. The lowest BCUT2D eigenvalue weighted by Gasteiger charge is -2.12. The highest BCUT2D eigenvalue weighted by Crippen LogP contribution is 2.21. The van der Waals surface area contributed by atoms with E-state index in [0.717, 1.165) is 13.0 Å². The van der Waals surface area contributed by atoms with E-state index in [1.807, 2.05) is 0 Å². The number of aliphatic imine (C=N–C) groups is 1. The number of nitrogens with zero attached hydrogens (tertiary/aromatic N) is 1. The van der Waals surface area contributed by atoms with Gasteiger partial charge in [-0.05, 0) is 24.5 Å². The van der Waals surface area contributed by atoms with Crippen LogP contribution in [0, 0.1) is 6.92 Å². The van der Waals surface area contributed by atoms with Gasteiger partial charge in [0.2, 0.25) is 0 Å². The van der Waals surface area contributed by atoms with Crippen LogP contribution in [-0.2, 0) is 21.0 Å². The van der Waals surface area contributed by atoms with Crippen LogP contribution in [0.3, 0.4) is 0 Å². The maximum absolute atomic E-state index is 11.0. The van der Waals surface area contributed by atoms with Crippen molar-refractivity contribution in [2.45, 2.75) is 13.3 Å². The highest BCUT2D eigenvalue weighted by molar-refractivity contribution is 7.90. The van der Waals surface area contributed by atoms with E-state index in [9.17, 15) is 8.42 Å². The van der Waals surface area contributed by atoms with E-state index in [0.29, 0.717) is 19.1 Å². The molecule has 144 valence electrons. The fourth-order valence-corrected chi connectivity index (χ4v) is 3.08. The van der Waals surface area contributed by atoms with Crippen molar-refractivity contribution in [3.05, 3.63) is 35.5 Å². The molecule has 0 amide bonds. The van der Waals surface area contributed by atoms with Crippen molar-refractivity contribution < 1.29 is 13.2 Å². The van der Waals surface area contributed by atoms with Crippen molar-refractivity contribution in [2.75, 3.05) is 45.4 Å². The summed E-state index contributed by atoms with van der Waals surface area (Å²) in [5, 5.41) is 7.68. The molecule has 0 saturated carbocycles. The largest absolute Gasteiger partial charge is 0.379 e. The Morgan fingerprint density at radius 3 is 2.73 bits per heavy atom. The molecule has 0 aliphatic heterocycles. The first-order valence-electron chi connectivity index (χ1n) is 8.66. The van der Waals surface area contributed by atoms with Crippen LogP contribution >= 0.6 is 0 Å². The smallest absolute Gasteiger partial charge is 0.191 e. The van der Waals surface area contributed by atoms with E-state index in [2.05, 4.69) is 51.9 Å². The lowest BCUT2D eigenvalue weighted by atomic mass is 10.1. The van der Waals surface area contributed by atoms with E-state index in [1.54, 1.807) is 7.05 Å². The third kappa shape index (κ3) is 6.34. The van der Waals surface area contributed by atoms with Crippen molar-refractivity contribution in [3.8, 4) is 0 Å². The molecule has 2 aromatic rings. The van der Waals surface area contributed by atoms with Crippen LogP contribution in [0.1, 0.15) is 11.1 Å². The zero-order valence-corrected chi connectivity index (χ0v) is 16.4. The lowest BCUT2D eigenvalue weighted by molar-refractivity contribution is 0.154. The molecule has 0 atom stereocenters. The number of para-hydroxylation sites is 1. The van der Waals surface area contributed by atoms with E-state index in [4.69, 9.17) is 4.74 Å². The number of H-pyrrole nitrogens is 1. The predicted octanol–water partition coefficient (Wildman–Crippen LogP) is 1.25. The summed E-state index contributed by atoms with van der Waals surface area (Å²) in [5.74, 6) is 0.747. The number of sulfone groups is 1. The Hall–Kier alpha value is -2.06. The van der Waals surface area contributed by atoms with E-state index < -0.39 is 9.84 Å². The molecule has 0 saturated heterocycles. The highest BCUT2D eigenvalue weighted by Gasteiger charge is 2.06. The van der Waals surface area contributed by atoms with Gasteiger partial charge in [-0.2, -0.15) is 0 Å². The summed E-state index contributed by atoms with van der Waals surface area (Å²) in [6, 6.07) is 6.31. The number of ether oxygens (including phenoxy) is 1. The molecule has 0 fully saturated rings. The molecule has 0 spiro atoms. The van der Waals surface area contributed by atoms with Gasteiger partial charge in [-0.25, -0.2) is 8.42 Å². The molecule has 1 aromatic heterocycles. The molecule has 0 unspecified atom stereocenters. The number of aromatic nitrogens is 1. The number of hydrogen-bond donors (Lipinski definition) is 3. The Labute approximate surface area is 155 Å². The number of fused-ring (bicyclic) bond motifs is 1. The van der Waals surface area contributed by atoms with E-state index in [1.165, 1.54) is 28.3 Å². The number of guanidine groups is 1. The number of aromatic amines is 1. The van der Waals surface area contributed by atoms with Gasteiger partial charge in [-0.1, -0.05) is 18.2 Å². The molecule has 2 rings (SSSR count). The van der Waals surface area contributed by atoms with Crippen LogP contribution in [0.15, 0.2) is 29.4 Å². The zero-order valence-electron chi connectivity index (χ0n) is 15.6. The molecule has 0 aliphatic rings. The summed E-state index contributed by atoms with van der Waals surface area (Å²) in [4.78, 5) is 7.52. The van der Waals surface area contributed by atoms with Gasteiger partial charge in [-0.3, -0.25) is 4.99 Å². The Morgan fingerprint density at radius 2 is 2.00 bits per heavy atom. The predicted molar refractivity (Wildman–Crippen MR) is 107 cm³/mol. The molecule has 0 aliphatic carbocycles. The molecule has 7 nitrogen and oxygen atoms in total. The van der Waals surface area contributed by atoms with Crippen molar-refractivity contribution >= 4 is 26.7 Å². The van der Waals surface area contributed by atoms with Gasteiger partial charge < -0.3 is 20.4 Å². The van der Waals surface area contributed by atoms with Crippen molar-refractivity contribution in [2.24, 2.45) is 4.99 Å². The minimum Gasteiger partial charge on any atom is -0.379 e. The zero-order chi connectivity index (χ0) is 19.0. The fraction of sp³-hybridized carbons (Fsp3) is 0.500. The average molecular weight is 381 g/mol. The Balaban J connectivity index is 1.69. The number of benzene rings is 1. The van der Waals surface area contributed by atoms with Gasteiger partial charge in [0.1, 0.15) is 9.84 Å². The SMILES string of the molecule is CN=C(NCCOCCS(C)(=O)=O)NCCc1c[nH]c2c(C)cccc12. The maximum Gasteiger partial charge on any atom is 0.191 e. The van der Waals surface area contributed by atoms with E-state index in [-0.39, 0.29) is 12.4 Å². The first kappa shape index (κ1) is 20.3. The standard InChI is InChI=1S/C18H28N4O3S/c1-14-5-4-6-16-15(13-22-17(14)16)7-8-20-18(19-2)21-9-10-25-11-12-26(3,23)24/h4-6,13,22H,7-12H2,1-3H3,(H2,19,20,21). The molecular weight excluding hydrogens is 352 g/mol. The Kier molecular flexibility index (Phi) is 7.47. The summed E-state index contributed by atoms with van der Waals surface area (Å²) in [6.45, 7) is 4.07. The summed E-state index contributed by atoms with van der Waals surface area (Å²) in [5.41, 5.74) is 3.71. The third-order valence-corrected chi connectivity index (χ3v) is 4.97. The summed E-state index contributed by atoms with van der Waals surface area (Å²) >= 11 is 0. The molecule has 3 N–H and O–H groups in total. The van der Waals surface area contributed by atoms with E-state index >= 15 is 0 Å². The van der Waals surface area contributed by atoms with Gasteiger partial charge in [0, 0.05) is 43.5 Å². The van der Waals surface area contributed by atoms with Gasteiger partial charge in [0.05, 0.1) is 19.0 Å². The van der Waals surface area contributed by atoms with Gasteiger partial charge >= 0.3 is 0 Å². The minimum atomic E-state index is -2.97. The second-order valence-corrected chi connectivity index (χ2v) is 8.49. The molecular formula is C18H28N4O3S. The normalized spacial score (nSPS) is 12.5. The van der Waals surface area contributed by atoms with Crippen molar-refractivity contribution in [1.82, 2.24) is 15.6 Å². The van der Waals surface area contributed by atoms with Gasteiger partial charge in [0.15, 0.2) is 5.96 Å².